The molecule has 2 aromatic carbocycles. The van der Waals surface area contributed by atoms with Gasteiger partial charge in [-0.1, -0.05) is 36.4 Å². The van der Waals surface area contributed by atoms with Crippen molar-refractivity contribution in [1.82, 2.24) is 0 Å². The molecule has 1 radical (unpaired) electrons. The molecule has 0 atom stereocenters. The van der Waals surface area contributed by atoms with Crippen molar-refractivity contribution >= 4 is 42.7 Å². The molecule has 9 N–H and O–H groups in total. The van der Waals surface area contributed by atoms with Crippen LogP contribution in [-0.4, -0.2) is 63.9 Å². The monoisotopic (exact) mass is 431 g/mol. The standard InChI is InChI=1S/2C8H6O4.K.Li.3H2O/c2*9-7(10)5-3-1-2-4-6(5)8(11)12;;;;;/h2*1-4H,(H,9,10)(H,11,12);;;3*1H2/q;;+1;;;;/p-1. The summed E-state index contributed by atoms with van der Waals surface area (Å²) < 4.78 is 0. The van der Waals surface area contributed by atoms with Gasteiger partial charge in [0.15, 0.2) is 0 Å². The molecule has 0 saturated heterocycles. The number of rotatable bonds is 4. The summed E-state index contributed by atoms with van der Waals surface area (Å²) in [5.74, 6) is -5.49. The SMILES string of the molecule is O.O.O=C([O-])c1ccccc1C(=O)O.O=C([O-])c1ccccc1C(=O)O.[K+].[Li].[OH3+]. The average Bonchev–Trinajstić information content (AvgIpc) is 2.55. The Labute approximate surface area is 218 Å². The number of carbonyl (C=O) groups excluding carboxylic acids is 2. The number of aromatic carboxylic acids is 4. The zero-order chi connectivity index (χ0) is 18.3. The second-order valence-electron chi connectivity index (χ2n) is 4.28. The summed E-state index contributed by atoms with van der Waals surface area (Å²) in [6.45, 7) is 0. The van der Waals surface area contributed by atoms with Gasteiger partial charge in [0, 0.05) is 30.0 Å². The largest absolute Gasteiger partial charge is 1.00 e. The molecule has 0 heterocycles. The van der Waals surface area contributed by atoms with Gasteiger partial charge in [0.05, 0.1) is 23.1 Å². The summed E-state index contributed by atoms with van der Waals surface area (Å²) in [6, 6.07) is 10.6. The van der Waals surface area contributed by atoms with E-state index in [4.69, 9.17) is 10.2 Å². The summed E-state index contributed by atoms with van der Waals surface area (Å²) in [4.78, 5) is 41.6. The van der Waals surface area contributed by atoms with E-state index < -0.39 is 23.9 Å². The molecule has 29 heavy (non-hydrogen) atoms. The first-order chi connectivity index (χ1) is 11.3. The third-order valence-corrected chi connectivity index (χ3v) is 2.75. The Kier molecular flexibility index (Phi) is 24.2. The van der Waals surface area contributed by atoms with Crippen molar-refractivity contribution in [2.45, 2.75) is 0 Å². The van der Waals surface area contributed by atoms with Crippen LogP contribution < -0.4 is 61.6 Å². The number of carboxylic acids is 4. The molecule has 0 aliphatic rings. The van der Waals surface area contributed by atoms with Gasteiger partial charge in [-0.15, -0.1) is 0 Å². The van der Waals surface area contributed by atoms with E-state index in [0.717, 1.165) is 0 Å². The van der Waals surface area contributed by atoms with E-state index in [2.05, 4.69) is 0 Å². The van der Waals surface area contributed by atoms with Crippen molar-refractivity contribution in [3.05, 3.63) is 70.8 Å². The molecule has 0 unspecified atom stereocenters. The van der Waals surface area contributed by atoms with E-state index >= 15 is 0 Å². The molecule has 149 valence electrons. The molecule has 0 bridgehead atoms. The molecule has 0 aliphatic heterocycles. The first kappa shape index (κ1) is 38.1. The maximum absolute atomic E-state index is 10.4. The zero-order valence-corrected chi connectivity index (χ0v) is 18.7. The predicted octanol–water partition coefficient (Wildman–Crippen LogP) is -6.45. The predicted molar refractivity (Wildman–Crippen MR) is 93.3 cm³/mol. The minimum atomic E-state index is -1.48. The Bertz CT molecular complexity index is 677. The quantitative estimate of drug-likeness (QED) is 0.347. The Morgan fingerprint density at radius 2 is 0.828 bits per heavy atom. The van der Waals surface area contributed by atoms with Crippen molar-refractivity contribution in [2.75, 3.05) is 0 Å². The fourth-order valence-corrected chi connectivity index (χ4v) is 1.70. The van der Waals surface area contributed by atoms with Crippen molar-refractivity contribution in [1.29, 1.82) is 0 Å². The fraction of sp³-hybridized carbons (Fsp3) is 0. The van der Waals surface area contributed by atoms with Crippen LogP contribution >= 0.6 is 0 Å². The van der Waals surface area contributed by atoms with Crippen LogP contribution in [0.4, 0.5) is 0 Å². The number of benzene rings is 2. The Balaban J connectivity index is -0.000000113. The van der Waals surface area contributed by atoms with Crippen molar-refractivity contribution < 1.29 is 107 Å². The summed E-state index contributed by atoms with van der Waals surface area (Å²) in [5, 5.41) is 37.8. The van der Waals surface area contributed by atoms with Crippen LogP contribution in [0, 0.1) is 0 Å². The molecule has 0 saturated carbocycles. The van der Waals surface area contributed by atoms with Crippen LogP contribution in [0.2, 0.25) is 0 Å². The number of hydrogen-bond donors (Lipinski definition) is 2. The minimum Gasteiger partial charge on any atom is -0.545 e. The van der Waals surface area contributed by atoms with Gasteiger partial charge in [-0.2, -0.15) is 0 Å². The summed E-state index contributed by atoms with van der Waals surface area (Å²) in [7, 11) is 0. The van der Waals surface area contributed by atoms with Gasteiger partial charge in [-0.05, 0) is 12.1 Å². The molecule has 11 nitrogen and oxygen atoms in total. The molecule has 0 fully saturated rings. The maximum atomic E-state index is 10.4. The van der Waals surface area contributed by atoms with Crippen molar-refractivity contribution in [3.8, 4) is 0 Å². The van der Waals surface area contributed by atoms with Gasteiger partial charge in [0.2, 0.25) is 0 Å². The van der Waals surface area contributed by atoms with Crippen LogP contribution in [0.5, 0.6) is 0 Å². The summed E-state index contributed by atoms with van der Waals surface area (Å²) in [5.41, 5.74) is -1.11. The molecule has 0 spiro atoms. The topological polar surface area (TPSA) is 251 Å². The van der Waals surface area contributed by atoms with Gasteiger partial charge < -0.3 is 46.4 Å². The Morgan fingerprint density at radius 3 is 0.966 bits per heavy atom. The Hall–Kier alpha value is -1.57. The Morgan fingerprint density at radius 1 is 0.621 bits per heavy atom. The van der Waals surface area contributed by atoms with E-state index in [-0.39, 0.29) is 109 Å². The zero-order valence-electron chi connectivity index (χ0n) is 15.5. The van der Waals surface area contributed by atoms with Gasteiger partial charge in [0.1, 0.15) is 0 Å². The fourth-order valence-electron chi connectivity index (χ4n) is 1.70. The number of carboxylic acid groups (broad SMARTS) is 4. The summed E-state index contributed by atoms with van der Waals surface area (Å²) in [6.07, 6.45) is 0. The third kappa shape index (κ3) is 11.9. The first-order valence-electron chi connectivity index (χ1n) is 6.33. The van der Waals surface area contributed by atoms with E-state index in [1.807, 2.05) is 0 Å². The summed E-state index contributed by atoms with van der Waals surface area (Å²) >= 11 is 0. The van der Waals surface area contributed by atoms with Gasteiger partial charge in [-0.25, -0.2) is 9.59 Å². The van der Waals surface area contributed by atoms with Crippen LogP contribution in [0.3, 0.4) is 0 Å². The molecular weight excluding hydrogens is 414 g/mol. The van der Waals surface area contributed by atoms with Gasteiger partial charge in [0.25, 0.3) is 0 Å². The van der Waals surface area contributed by atoms with Crippen LogP contribution in [-0.2, 0) is 5.48 Å². The van der Waals surface area contributed by atoms with E-state index in [1.165, 1.54) is 48.5 Å². The number of carbonyl (C=O) groups is 4. The first-order valence-corrected chi connectivity index (χ1v) is 6.33. The normalized spacial score (nSPS) is 7.72. The van der Waals surface area contributed by atoms with Gasteiger partial charge in [-0.3, -0.25) is 0 Å². The number of hydrogen-bond acceptors (Lipinski definition) is 6. The van der Waals surface area contributed by atoms with Crippen molar-refractivity contribution in [2.24, 2.45) is 0 Å². The third-order valence-electron chi connectivity index (χ3n) is 2.75. The molecule has 2 aromatic rings. The second kappa shape index (κ2) is 18.5. The van der Waals surface area contributed by atoms with Crippen LogP contribution in [0.15, 0.2) is 48.5 Å². The smallest absolute Gasteiger partial charge is 0.545 e. The van der Waals surface area contributed by atoms with Gasteiger partial charge >= 0.3 is 63.3 Å². The van der Waals surface area contributed by atoms with E-state index in [1.54, 1.807) is 0 Å². The molecule has 2 rings (SSSR count). The van der Waals surface area contributed by atoms with Crippen LogP contribution in [0.25, 0.3) is 0 Å². The molecular formula is C16H17KLiO11. The van der Waals surface area contributed by atoms with Crippen LogP contribution in [0.1, 0.15) is 41.4 Å². The molecule has 0 aliphatic carbocycles. The van der Waals surface area contributed by atoms with Crippen molar-refractivity contribution in [3.63, 3.8) is 0 Å². The molecule has 0 amide bonds. The average molecular weight is 431 g/mol. The molecule has 0 aromatic heterocycles. The van der Waals surface area contributed by atoms with E-state index in [9.17, 15) is 29.4 Å². The van der Waals surface area contributed by atoms with E-state index in [0.29, 0.717) is 0 Å². The molecule has 13 heteroatoms. The maximum Gasteiger partial charge on any atom is 1.00 e. The minimum absolute atomic E-state index is 0. The second-order valence-corrected chi connectivity index (χ2v) is 4.28.